The van der Waals surface area contributed by atoms with Crippen LogP contribution in [0.5, 0.6) is 11.5 Å². The number of pyridine rings is 1. The number of carbonyl (C=O) groups is 1. The molecule has 17 heteroatoms. The number of piperazine rings is 1. The van der Waals surface area contributed by atoms with Crippen molar-refractivity contribution in [1.82, 2.24) is 24.5 Å². The first-order valence-corrected chi connectivity index (χ1v) is 25.2. The molecule has 15 nitrogen and oxygen atoms in total. The van der Waals surface area contributed by atoms with Gasteiger partial charge in [-0.1, -0.05) is 62.4 Å². The van der Waals surface area contributed by atoms with E-state index in [0.717, 1.165) is 119 Å². The summed E-state index contributed by atoms with van der Waals surface area (Å²) in [6, 6.07) is 20.6. The molecule has 1 saturated carbocycles. The van der Waals surface area contributed by atoms with Gasteiger partial charge in [-0.2, -0.15) is 0 Å². The number of carbonyl (C=O) groups excluding carboxylic acids is 1. The van der Waals surface area contributed by atoms with Crippen molar-refractivity contribution in [3.63, 3.8) is 0 Å². The quantitative estimate of drug-likeness (QED) is 0.0712. The first kappa shape index (κ1) is 46.6. The second-order valence-electron chi connectivity index (χ2n) is 19.2. The summed E-state index contributed by atoms with van der Waals surface area (Å²) in [5, 5.41) is 17.3. The number of nitrogens with one attached hydrogen (secondary N) is 3. The number of halogens is 1. The van der Waals surface area contributed by atoms with Crippen LogP contribution in [-0.4, -0.2) is 110 Å². The Morgan fingerprint density at radius 2 is 1.70 bits per heavy atom. The standard InChI is InChI=1S/C50H59ClN8O7S/c1-49(2)18-14-37(43(31-49)35-6-8-38(51)9-7-35)33-56-20-22-57(23-21-56)39-10-12-42(46(29-39)66-40-28-36-15-19-52-47(36)53-32-40)48(60)55-67(63,64)41-11-13-44(45(30-41)59(61)62)54-34-50(16-4-3-5-17-50)58-24-26-65-27-25-58/h6-13,15,19,28-30,32,54H,3-5,14,16-18,20-27,31,33-34H2,1-2H3,(H,52,53)(H,55,60). The van der Waals surface area contributed by atoms with Crippen molar-refractivity contribution < 1.29 is 27.6 Å². The Balaban J connectivity index is 0.926. The lowest BCUT2D eigenvalue weighted by Crippen LogP contribution is -2.58. The van der Waals surface area contributed by atoms with Gasteiger partial charge in [0.1, 0.15) is 22.8 Å². The fourth-order valence-corrected chi connectivity index (χ4v) is 11.4. The van der Waals surface area contributed by atoms with Crippen LogP contribution in [0.2, 0.25) is 5.02 Å². The highest BCUT2D eigenvalue weighted by molar-refractivity contribution is 7.90. The molecule has 3 fully saturated rings. The van der Waals surface area contributed by atoms with E-state index in [1.165, 1.54) is 35.0 Å². The number of aromatic nitrogens is 2. The number of ether oxygens (including phenoxy) is 2. The minimum Gasteiger partial charge on any atom is -0.455 e. The van der Waals surface area contributed by atoms with E-state index in [2.05, 4.69) is 60.7 Å². The summed E-state index contributed by atoms with van der Waals surface area (Å²) < 4.78 is 42.0. The SMILES string of the molecule is CC1(C)CCC(CN2CCN(c3ccc(C(=O)NS(=O)(=O)c4ccc(NCC5(N6CCOCC6)CCCCC5)c([N+](=O)[O-])c4)c(Oc4cnc5[nH]ccc5c4)c3)CC2)=C(c2ccc(Cl)cc2)C1. The molecule has 2 saturated heterocycles. The average molecular weight is 952 g/mol. The molecule has 1 amide bonds. The van der Waals surface area contributed by atoms with Crippen molar-refractivity contribution in [3.05, 3.63) is 117 Å². The van der Waals surface area contributed by atoms with Gasteiger partial charge in [0.25, 0.3) is 21.6 Å². The number of sulfonamides is 1. The molecule has 0 unspecified atom stereocenters. The van der Waals surface area contributed by atoms with Crippen LogP contribution in [0.3, 0.4) is 0 Å². The van der Waals surface area contributed by atoms with Crippen molar-refractivity contribution in [2.24, 2.45) is 5.41 Å². The van der Waals surface area contributed by atoms with Gasteiger partial charge in [-0.15, -0.1) is 0 Å². The highest BCUT2D eigenvalue weighted by Crippen LogP contribution is 2.44. The third kappa shape index (κ3) is 10.6. The Hall–Kier alpha value is -5.52. The molecule has 5 aromatic rings. The lowest BCUT2D eigenvalue weighted by Gasteiger charge is -2.48. The van der Waals surface area contributed by atoms with E-state index in [9.17, 15) is 23.3 Å². The third-order valence-corrected chi connectivity index (χ3v) is 15.7. The van der Waals surface area contributed by atoms with Crippen molar-refractivity contribution in [2.45, 2.75) is 75.6 Å². The summed E-state index contributed by atoms with van der Waals surface area (Å²) in [5.74, 6) is -0.458. The number of fused-ring (bicyclic) bond motifs is 1. The van der Waals surface area contributed by atoms with Gasteiger partial charge in [0.15, 0.2) is 0 Å². The van der Waals surface area contributed by atoms with E-state index in [4.69, 9.17) is 21.1 Å². The molecule has 2 aliphatic heterocycles. The zero-order chi connectivity index (χ0) is 46.8. The number of hydrogen-bond acceptors (Lipinski definition) is 12. The normalized spacial score (nSPS) is 19.3. The molecule has 0 radical (unpaired) electrons. The van der Waals surface area contributed by atoms with Crippen LogP contribution in [-0.2, 0) is 14.8 Å². The second kappa shape index (κ2) is 19.6. The summed E-state index contributed by atoms with van der Waals surface area (Å²) in [5.41, 5.74) is 5.41. The topological polar surface area (TPSA) is 175 Å². The van der Waals surface area contributed by atoms with Crippen LogP contribution in [0.1, 0.15) is 81.1 Å². The summed E-state index contributed by atoms with van der Waals surface area (Å²) in [7, 11) is -4.59. The lowest BCUT2D eigenvalue weighted by atomic mass is 9.72. The molecule has 0 bridgehead atoms. The molecule has 2 aromatic heterocycles. The first-order chi connectivity index (χ1) is 32.2. The summed E-state index contributed by atoms with van der Waals surface area (Å²) in [4.78, 5) is 40.2. The smallest absolute Gasteiger partial charge is 0.293 e. The van der Waals surface area contributed by atoms with Gasteiger partial charge in [0.2, 0.25) is 0 Å². The fourth-order valence-electron chi connectivity index (χ4n) is 10.3. The Bertz CT molecular complexity index is 2760. The highest BCUT2D eigenvalue weighted by Gasteiger charge is 2.39. The minimum absolute atomic E-state index is 0.0318. The van der Waals surface area contributed by atoms with Gasteiger partial charge < -0.3 is 24.7 Å². The van der Waals surface area contributed by atoms with E-state index < -0.39 is 31.4 Å². The van der Waals surface area contributed by atoms with Gasteiger partial charge >= 0.3 is 0 Å². The Morgan fingerprint density at radius 3 is 2.45 bits per heavy atom. The lowest BCUT2D eigenvalue weighted by molar-refractivity contribution is -0.384. The van der Waals surface area contributed by atoms with Gasteiger partial charge in [-0.25, -0.2) is 18.1 Å². The molecule has 9 rings (SSSR count). The van der Waals surface area contributed by atoms with Crippen LogP contribution < -0.4 is 19.7 Å². The number of nitro groups is 1. The minimum atomic E-state index is -4.59. The molecule has 3 aromatic carbocycles. The van der Waals surface area contributed by atoms with Crippen molar-refractivity contribution in [3.8, 4) is 11.5 Å². The van der Waals surface area contributed by atoms with Gasteiger partial charge in [0, 0.05) is 92.3 Å². The van der Waals surface area contributed by atoms with Crippen LogP contribution in [0.4, 0.5) is 17.1 Å². The molecular formula is C50H59ClN8O7S. The number of H-pyrrole nitrogens is 1. The largest absolute Gasteiger partial charge is 0.455 e. The maximum Gasteiger partial charge on any atom is 0.293 e. The predicted octanol–water partition coefficient (Wildman–Crippen LogP) is 9.27. The molecule has 3 N–H and O–H groups in total. The maximum atomic E-state index is 14.1. The highest BCUT2D eigenvalue weighted by atomic mass is 35.5. The third-order valence-electron chi connectivity index (χ3n) is 14.1. The maximum absolute atomic E-state index is 14.1. The number of amides is 1. The second-order valence-corrected chi connectivity index (χ2v) is 21.3. The monoisotopic (exact) mass is 950 g/mol. The number of morpholine rings is 1. The van der Waals surface area contributed by atoms with Gasteiger partial charge in [-0.3, -0.25) is 24.7 Å². The van der Waals surface area contributed by atoms with Crippen molar-refractivity contribution in [2.75, 3.05) is 75.8 Å². The fraction of sp³-hybridized carbons (Fsp3) is 0.440. The molecule has 4 heterocycles. The van der Waals surface area contributed by atoms with Crippen molar-refractivity contribution in [1.29, 1.82) is 0 Å². The first-order valence-electron chi connectivity index (χ1n) is 23.4. The molecule has 354 valence electrons. The van der Waals surface area contributed by atoms with Crippen LogP contribution in [0, 0.1) is 15.5 Å². The van der Waals surface area contributed by atoms with Crippen molar-refractivity contribution >= 4 is 61.2 Å². The molecule has 67 heavy (non-hydrogen) atoms. The van der Waals surface area contributed by atoms with Gasteiger partial charge in [0.05, 0.1) is 34.8 Å². The molecule has 4 aliphatic rings. The zero-order valence-corrected chi connectivity index (χ0v) is 39.8. The van der Waals surface area contributed by atoms with E-state index in [-0.39, 0.29) is 28.0 Å². The number of nitrogens with zero attached hydrogens (tertiary/aromatic N) is 5. The number of benzene rings is 3. The van der Waals surface area contributed by atoms with E-state index in [1.807, 2.05) is 18.2 Å². The Labute approximate surface area is 397 Å². The molecule has 2 aliphatic carbocycles. The Kier molecular flexibility index (Phi) is 13.6. The molecule has 0 spiro atoms. The summed E-state index contributed by atoms with van der Waals surface area (Å²) in [6.07, 6.45) is 11.7. The van der Waals surface area contributed by atoms with E-state index >= 15 is 0 Å². The summed E-state index contributed by atoms with van der Waals surface area (Å²) >= 11 is 6.26. The number of allylic oxidation sites excluding steroid dienone is 1. The van der Waals surface area contributed by atoms with E-state index in [1.54, 1.807) is 30.5 Å². The zero-order valence-electron chi connectivity index (χ0n) is 38.2. The van der Waals surface area contributed by atoms with Gasteiger partial charge in [-0.05, 0) is 97.2 Å². The Morgan fingerprint density at radius 1 is 0.940 bits per heavy atom. The van der Waals surface area contributed by atoms with Crippen LogP contribution in [0.15, 0.2) is 95.7 Å². The van der Waals surface area contributed by atoms with E-state index in [0.29, 0.717) is 31.2 Å². The number of anilines is 2. The number of rotatable bonds is 14. The van der Waals surface area contributed by atoms with Crippen LogP contribution in [0.25, 0.3) is 16.6 Å². The molecular weight excluding hydrogens is 892 g/mol. The number of aromatic amines is 1. The summed E-state index contributed by atoms with van der Waals surface area (Å²) in [6.45, 7) is 12.0. The predicted molar refractivity (Wildman–Crippen MR) is 262 cm³/mol. The average Bonchev–Trinajstić information content (AvgIpc) is 3.80. The molecule has 0 atom stereocenters. The number of hydrogen-bond donors (Lipinski definition) is 3. The number of nitro benzene ring substituents is 1. The van der Waals surface area contributed by atoms with Crippen LogP contribution >= 0.6 is 11.6 Å².